The summed E-state index contributed by atoms with van der Waals surface area (Å²) in [7, 11) is -1.12. The summed E-state index contributed by atoms with van der Waals surface area (Å²) in [5, 5.41) is 0.650. The van der Waals surface area contributed by atoms with E-state index < -0.39 is 8.07 Å². The van der Waals surface area contributed by atoms with Crippen LogP contribution in [0.5, 0.6) is 0 Å². The zero-order chi connectivity index (χ0) is 15.8. The molecule has 0 aromatic carbocycles. The highest BCUT2D eigenvalue weighted by atomic mass is 35.5. The van der Waals surface area contributed by atoms with E-state index in [4.69, 9.17) is 4.74 Å². The molecule has 3 N–H and O–H groups in total. The van der Waals surface area contributed by atoms with Gasteiger partial charge in [-0.25, -0.2) is 4.79 Å². The second kappa shape index (κ2) is 12.1. The van der Waals surface area contributed by atoms with E-state index in [2.05, 4.69) is 27.4 Å². The van der Waals surface area contributed by atoms with Gasteiger partial charge in [0.2, 0.25) is 0 Å². The average Bonchev–Trinajstić information content (AvgIpc) is 2.54. The molecule has 1 fully saturated rings. The van der Waals surface area contributed by atoms with Crippen molar-refractivity contribution in [3.63, 3.8) is 0 Å². The Hall–Kier alpha value is -0.323. The van der Waals surface area contributed by atoms with E-state index >= 15 is 0 Å². The van der Waals surface area contributed by atoms with Crippen LogP contribution in [0.1, 0.15) is 65.7 Å². The fourth-order valence-corrected chi connectivity index (χ4v) is 11.1. The molecule has 0 bridgehead atoms. The highest BCUT2D eigenvalue weighted by Crippen LogP contribution is 2.58. The Kier molecular flexibility index (Phi) is 13.1. The van der Waals surface area contributed by atoms with E-state index in [9.17, 15) is 4.79 Å². The van der Waals surface area contributed by atoms with Crippen molar-refractivity contribution in [3.05, 3.63) is 12.7 Å². The molecule has 1 rings (SSSR count). The number of hydrogen-bond acceptors (Lipinski definition) is 3. The molecule has 1 saturated heterocycles. The van der Waals surface area contributed by atoms with Crippen molar-refractivity contribution >= 4 is 26.5 Å². The number of rotatable bonds is 9. The molecule has 0 amide bonds. The summed E-state index contributed by atoms with van der Waals surface area (Å²) in [6.45, 7) is 11.3. The maximum Gasteiger partial charge on any atom is 0.330 e. The van der Waals surface area contributed by atoms with E-state index in [1.54, 1.807) is 6.04 Å². The van der Waals surface area contributed by atoms with Crippen LogP contribution in [0, 0.1) is 0 Å². The van der Waals surface area contributed by atoms with Crippen LogP contribution in [0.3, 0.4) is 0 Å². The third-order valence-corrected chi connectivity index (χ3v) is 13.3. The summed E-state index contributed by atoms with van der Waals surface area (Å²) in [6.07, 6.45) is 10.5. The minimum atomic E-state index is -1.12. The zero-order valence-electron chi connectivity index (χ0n) is 15.5. The van der Waals surface area contributed by atoms with Crippen molar-refractivity contribution in [2.75, 3.05) is 6.61 Å². The van der Waals surface area contributed by atoms with Crippen molar-refractivity contribution in [3.8, 4) is 0 Å². The van der Waals surface area contributed by atoms with E-state index in [-0.39, 0.29) is 24.5 Å². The first-order chi connectivity index (χ1) is 10.1. The Morgan fingerprint density at radius 3 is 2.39 bits per heavy atom. The standard InChI is InChI=1S/C18H34O2Si.ClH.H3N/c1-5-17(19)20-15-11-9-13-18(6-2)14-10-12-16-21(18,7-3)8-4;;/h5H,1,6-16H2,2-4H3;1H;1H3. The van der Waals surface area contributed by atoms with Gasteiger partial charge in [0.1, 0.15) is 0 Å². The maximum absolute atomic E-state index is 11.1. The van der Waals surface area contributed by atoms with Gasteiger partial charge in [-0.3, -0.25) is 0 Å². The molecular weight excluding hydrogens is 326 g/mol. The monoisotopic (exact) mass is 363 g/mol. The first kappa shape index (κ1) is 24.9. The fraction of sp³-hybridized carbons (Fsp3) is 0.833. The lowest BCUT2D eigenvalue weighted by molar-refractivity contribution is -0.137. The van der Waals surface area contributed by atoms with E-state index in [0.29, 0.717) is 11.6 Å². The van der Waals surface area contributed by atoms with Gasteiger partial charge < -0.3 is 10.9 Å². The average molecular weight is 364 g/mol. The molecule has 138 valence electrons. The van der Waals surface area contributed by atoms with Crippen LogP contribution in [0.15, 0.2) is 12.7 Å². The third-order valence-electron chi connectivity index (χ3n) is 6.18. The molecule has 3 nitrogen and oxygen atoms in total. The minimum absolute atomic E-state index is 0. The van der Waals surface area contributed by atoms with Gasteiger partial charge in [0.05, 0.1) is 14.7 Å². The van der Waals surface area contributed by atoms with E-state index in [1.165, 1.54) is 56.7 Å². The van der Waals surface area contributed by atoms with Crippen LogP contribution in [-0.4, -0.2) is 20.7 Å². The molecule has 0 aliphatic carbocycles. The quantitative estimate of drug-likeness (QED) is 0.226. The summed E-state index contributed by atoms with van der Waals surface area (Å²) in [5.41, 5.74) is 0. The van der Waals surface area contributed by atoms with Crippen LogP contribution >= 0.6 is 12.4 Å². The van der Waals surface area contributed by atoms with Crippen LogP contribution in [0.2, 0.25) is 23.2 Å². The summed E-state index contributed by atoms with van der Waals surface area (Å²) in [5.74, 6) is -0.288. The number of ether oxygens (including phenoxy) is 1. The summed E-state index contributed by atoms with van der Waals surface area (Å²) in [6, 6.07) is 4.44. The number of carbonyl (C=O) groups excluding carboxylic acids is 1. The minimum Gasteiger partial charge on any atom is -0.463 e. The Bertz CT molecular complexity index is 348. The SMILES string of the molecule is C=CC(=O)OCCCCC1(CC)CCCC[Si]1(CC)CC.Cl.N. The smallest absolute Gasteiger partial charge is 0.330 e. The molecule has 1 aliphatic rings. The molecule has 0 saturated carbocycles. The Labute approximate surface area is 150 Å². The first-order valence-electron chi connectivity index (χ1n) is 8.89. The highest BCUT2D eigenvalue weighted by molar-refractivity contribution is 6.82. The van der Waals surface area contributed by atoms with Crippen LogP contribution in [0.25, 0.3) is 0 Å². The Morgan fingerprint density at radius 2 is 1.87 bits per heavy atom. The van der Waals surface area contributed by atoms with Crippen molar-refractivity contribution < 1.29 is 9.53 Å². The summed E-state index contributed by atoms with van der Waals surface area (Å²) < 4.78 is 5.11. The lowest BCUT2D eigenvalue weighted by atomic mass is 9.91. The van der Waals surface area contributed by atoms with E-state index in [0.717, 1.165) is 6.42 Å². The molecular formula is C18H38ClNO2Si. The highest BCUT2D eigenvalue weighted by Gasteiger charge is 2.49. The molecule has 0 radical (unpaired) electrons. The lowest BCUT2D eigenvalue weighted by Gasteiger charge is -2.53. The van der Waals surface area contributed by atoms with Gasteiger partial charge in [-0.1, -0.05) is 64.7 Å². The molecule has 0 aromatic heterocycles. The van der Waals surface area contributed by atoms with Crippen molar-refractivity contribution in [2.24, 2.45) is 0 Å². The molecule has 1 heterocycles. The lowest BCUT2D eigenvalue weighted by Crippen LogP contribution is -2.49. The van der Waals surface area contributed by atoms with Gasteiger partial charge in [0.15, 0.2) is 0 Å². The molecule has 23 heavy (non-hydrogen) atoms. The van der Waals surface area contributed by atoms with Gasteiger partial charge in [0.25, 0.3) is 0 Å². The van der Waals surface area contributed by atoms with Gasteiger partial charge >= 0.3 is 5.97 Å². The Morgan fingerprint density at radius 1 is 1.22 bits per heavy atom. The molecule has 0 aromatic rings. The number of hydrogen-bond donors (Lipinski definition) is 1. The zero-order valence-corrected chi connectivity index (χ0v) is 17.3. The molecule has 1 unspecified atom stereocenters. The second-order valence-electron chi connectivity index (χ2n) is 6.66. The van der Waals surface area contributed by atoms with Crippen molar-refractivity contribution in [1.29, 1.82) is 0 Å². The van der Waals surface area contributed by atoms with Crippen molar-refractivity contribution in [2.45, 2.75) is 88.9 Å². The second-order valence-corrected chi connectivity index (χ2v) is 12.2. The number of carbonyl (C=O) groups is 1. The third kappa shape index (κ3) is 5.91. The maximum atomic E-state index is 11.1. The molecule has 0 spiro atoms. The van der Waals surface area contributed by atoms with Crippen LogP contribution < -0.4 is 6.15 Å². The number of unbranched alkanes of at least 4 members (excludes halogenated alkanes) is 1. The summed E-state index contributed by atoms with van der Waals surface area (Å²) in [4.78, 5) is 11.1. The first-order valence-corrected chi connectivity index (χ1v) is 11.5. The number of esters is 1. The normalized spacial score (nSPS) is 22.4. The molecule has 1 atom stereocenters. The van der Waals surface area contributed by atoms with Gasteiger partial charge in [0, 0.05) is 6.08 Å². The van der Waals surface area contributed by atoms with Crippen molar-refractivity contribution in [1.82, 2.24) is 6.15 Å². The van der Waals surface area contributed by atoms with Crippen LogP contribution in [-0.2, 0) is 9.53 Å². The predicted octanol–water partition coefficient (Wildman–Crippen LogP) is 6.29. The predicted molar refractivity (Wildman–Crippen MR) is 106 cm³/mol. The fourth-order valence-electron chi connectivity index (χ4n) is 4.73. The number of halogens is 1. The molecule has 5 heteroatoms. The largest absolute Gasteiger partial charge is 0.463 e. The van der Waals surface area contributed by atoms with Crippen LogP contribution in [0.4, 0.5) is 0 Å². The van der Waals surface area contributed by atoms with Gasteiger partial charge in [-0.05, 0) is 30.7 Å². The van der Waals surface area contributed by atoms with Gasteiger partial charge in [-0.2, -0.15) is 0 Å². The topological polar surface area (TPSA) is 61.3 Å². The van der Waals surface area contributed by atoms with E-state index in [1.807, 2.05) is 0 Å². The van der Waals surface area contributed by atoms with Gasteiger partial charge in [-0.15, -0.1) is 12.4 Å². The Balaban J connectivity index is 0. The molecule has 1 aliphatic heterocycles. The summed E-state index contributed by atoms with van der Waals surface area (Å²) >= 11 is 0.